The highest BCUT2D eigenvalue weighted by molar-refractivity contribution is 5.82. The number of amides is 1. The predicted octanol–water partition coefficient (Wildman–Crippen LogP) is 2.56. The molecular formula is C14H28N2O. The van der Waals surface area contributed by atoms with Crippen molar-refractivity contribution in [3.63, 3.8) is 0 Å². The lowest BCUT2D eigenvalue weighted by atomic mass is 10.0. The maximum absolute atomic E-state index is 12.4. The van der Waals surface area contributed by atoms with Crippen LogP contribution < -0.4 is 5.32 Å². The summed E-state index contributed by atoms with van der Waals surface area (Å²) in [5, 5.41) is 3.35. The standard InChI is InChI=1S/C14H28N2O/c1-4-5-8-11-16(12(2)3)14(17)13-9-6-7-10-15-13/h12-13,15H,4-11H2,1-3H3/t13-/m1/s1. The molecule has 1 amide bonds. The minimum absolute atomic E-state index is 0.0766. The number of nitrogens with zero attached hydrogens (tertiary/aromatic N) is 1. The molecule has 0 aromatic carbocycles. The lowest BCUT2D eigenvalue weighted by molar-refractivity contribution is -0.135. The van der Waals surface area contributed by atoms with Crippen LogP contribution in [0.2, 0.25) is 0 Å². The monoisotopic (exact) mass is 240 g/mol. The van der Waals surface area contributed by atoms with E-state index >= 15 is 0 Å². The van der Waals surface area contributed by atoms with E-state index in [-0.39, 0.29) is 6.04 Å². The van der Waals surface area contributed by atoms with Gasteiger partial charge in [0.05, 0.1) is 6.04 Å². The molecule has 0 spiro atoms. The van der Waals surface area contributed by atoms with Crippen molar-refractivity contribution in [1.82, 2.24) is 10.2 Å². The fraction of sp³-hybridized carbons (Fsp3) is 0.929. The smallest absolute Gasteiger partial charge is 0.239 e. The summed E-state index contributed by atoms with van der Waals surface area (Å²) in [6, 6.07) is 0.399. The topological polar surface area (TPSA) is 32.3 Å². The molecule has 0 aromatic rings. The molecule has 1 aliphatic rings. The van der Waals surface area contributed by atoms with E-state index in [0.29, 0.717) is 11.9 Å². The molecule has 100 valence electrons. The maximum Gasteiger partial charge on any atom is 0.239 e. The highest BCUT2D eigenvalue weighted by Crippen LogP contribution is 2.13. The molecular weight excluding hydrogens is 212 g/mol. The molecule has 0 bridgehead atoms. The molecule has 17 heavy (non-hydrogen) atoms. The number of piperidine rings is 1. The Bertz CT molecular complexity index is 222. The Morgan fingerprint density at radius 1 is 1.35 bits per heavy atom. The van der Waals surface area contributed by atoms with Crippen LogP contribution in [0.3, 0.4) is 0 Å². The molecule has 3 nitrogen and oxygen atoms in total. The van der Waals surface area contributed by atoms with Crippen molar-refractivity contribution in [2.75, 3.05) is 13.1 Å². The lowest BCUT2D eigenvalue weighted by Gasteiger charge is -2.32. The highest BCUT2D eigenvalue weighted by atomic mass is 16.2. The second kappa shape index (κ2) is 7.70. The quantitative estimate of drug-likeness (QED) is 0.724. The number of hydrogen-bond donors (Lipinski definition) is 1. The third-order valence-corrected chi connectivity index (χ3v) is 3.52. The van der Waals surface area contributed by atoms with Crippen LogP contribution in [0.1, 0.15) is 59.3 Å². The van der Waals surface area contributed by atoms with E-state index in [1.165, 1.54) is 25.7 Å². The van der Waals surface area contributed by atoms with Crippen molar-refractivity contribution in [2.24, 2.45) is 0 Å². The Hall–Kier alpha value is -0.570. The van der Waals surface area contributed by atoms with Gasteiger partial charge in [-0.1, -0.05) is 26.2 Å². The molecule has 0 aromatic heterocycles. The highest BCUT2D eigenvalue weighted by Gasteiger charge is 2.26. The average molecular weight is 240 g/mol. The summed E-state index contributed by atoms with van der Waals surface area (Å²) in [5.74, 6) is 0.316. The van der Waals surface area contributed by atoms with Crippen molar-refractivity contribution in [1.29, 1.82) is 0 Å². The van der Waals surface area contributed by atoms with Gasteiger partial charge < -0.3 is 10.2 Å². The van der Waals surface area contributed by atoms with Gasteiger partial charge in [0.15, 0.2) is 0 Å². The van der Waals surface area contributed by atoms with Gasteiger partial charge in [0.2, 0.25) is 5.91 Å². The van der Waals surface area contributed by atoms with Gasteiger partial charge in [0.25, 0.3) is 0 Å². The second-order valence-corrected chi connectivity index (χ2v) is 5.33. The van der Waals surface area contributed by atoms with Crippen LogP contribution in [0.15, 0.2) is 0 Å². The first-order chi connectivity index (χ1) is 8.16. The summed E-state index contributed by atoms with van der Waals surface area (Å²) in [5.41, 5.74) is 0. The van der Waals surface area contributed by atoms with Crippen molar-refractivity contribution >= 4 is 5.91 Å². The summed E-state index contributed by atoms with van der Waals surface area (Å²) in [6.07, 6.45) is 6.96. The van der Waals surface area contributed by atoms with E-state index in [1.807, 2.05) is 0 Å². The van der Waals surface area contributed by atoms with Gasteiger partial charge in [-0.15, -0.1) is 0 Å². The van der Waals surface area contributed by atoms with Crippen molar-refractivity contribution in [2.45, 2.75) is 71.4 Å². The number of hydrogen-bond acceptors (Lipinski definition) is 2. The van der Waals surface area contributed by atoms with Crippen LogP contribution in [-0.2, 0) is 4.79 Å². The average Bonchev–Trinajstić information content (AvgIpc) is 2.34. The first-order valence-corrected chi connectivity index (χ1v) is 7.20. The normalized spacial score (nSPS) is 20.6. The minimum atomic E-state index is 0.0766. The molecule has 1 aliphatic heterocycles. The fourth-order valence-electron chi connectivity index (χ4n) is 2.42. The lowest BCUT2D eigenvalue weighted by Crippen LogP contribution is -2.51. The van der Waals surface area contributed by atoms with E-state index < -0.39 is 0 Å². The molecule has 0 unspecified atom stereocenters. The molecule has 1 rings (SSSR count). The number of nitrogens with one attached hydrogen (secondary N) is 1. The third kappa shape index (κ3) is 4.66. The van der Waals surface area contributed by atoms with E-state index in [2.05, 4.69) is 31.0 Å². The molecule has 0 saturated carbocycles. The summed E-state index contributed by atoms with van der Waals surface area (Å²) in [7, 11) is 0. The molecule has 1 N–H and O–H groups in total. The largest absolute Gasteiger partial charge is 0.339 e. The van der Waals surface area contributed by atoms with Gasteiger partial charge in [0, 0.05) is 12.6 Å². The van der Waals surface area contributed by atoms with Crippen LogP contribution in [-0.4, -0.2) is 36.0 Å². The Balaban J connectivity index is 2.46. The predicted molar refractivity (Wildman–Crippen MR) is 72.0 cm³/mol. The van der Waals surface area contributed by atoms with Crippen molar-refractivity contribution in [3.8, 4) is 0 Å². The van der Waals surface area contributed by atoms with E-state index in [4.69, 9.17) is 0 Å². The molecule has 3 heteroatoms. The van der Waals surface area contributed by atoms with Crippen LogP contribution in [0.25, 0.3) is 0 Å². The van der Waals surface area contributed by atoms with Gasteiger partial charge in [0.1, 0.15) is 0 Å². The van der Waals surface area contributed by atoms with E-state index in [0.717, 1.165) is 25.9 Å². The third-order valence-electron chi connectivity index (χ3n) is 3.52. The van der Waals surface area contributed by atoms with E-state index in [9.17, 15) is 4.79 Å². The Morgan fingerprint density at radius 3 is 2.65 bits per heavy atom. The first-order valence-electron chi connectivity index (χ1n) is 7.20. The van der Waals surface area contributed by atoms with Crippen LogP contribution in [0.5, 0.6) is 0 Å². The van der Waals surface area contributed by atoms with Gasteiger partial charge >= 0.3 is 0 Å². The summed E-state index contributed by atoms with van der Waals surface area (Å²) >= 11 is 0. The van der Waals surface area contributed by atoms with Gasteiger partial charge in [-0.3, -0.25) is 4.79 Å². The number of unbranched alkanes of at least 4 members (excludes halogenated alkanes) is 2. The number of carbonyl (C=O) groups excluding carboxylic acids is 1. The zero-order valence-corrected chi connectivity index (χ0v) is 11.7. The summed E-state index contributed by atoms with van der Waals surface area (Å²) < 4.78 is 0. The number of carbonyl (C=O) groups is 1. The van der Waals surface area contributed by atoms with Crippen LogP contribution >= 0.6 is 0 Å². The van der Waals surface area contributed by atoms with E-state index in [1.54, 1.807) is 0 Å². The SMILES string of the molecule is CCCCCN(C(=O)[C@H]1CCCCN1)C(C)C. The van der Waals surface area contributed by atoms with Crippen LogP contribution in [0, 0.1) is 0 Å². The minimum Gasteiger partial charge on any atom is -0.339 e. The molecule has 1 atom stereocenters. The Morgan fingerprint density at radius 2 is 2.12 bits per heavy atom. The Labute approximate surface area is 106 Å². The molecule has 1 fully saturated rings. The molecule has 0 radical (unpaired) electrons. The summed E-state index contributed by atoms with van der Waals surface area (Å²) in [4.78, 5) is 14.5. The maximum atomic E-state index is 12.4. The number of rotatable bonds is 6. The summed E-state index contributed by atoms with van der Waals surface area (Å²) in [6.45, 7) is 8.35. The van der Waals surface area contributed by atoms with Crippen molar-refractivity contribution in [3.05, 3.63) is 0 Å². The first kappa shape index (κ1) is 14.5. The van der Waals surface area contributed by atoms with Crippen LogP contribution in [0.4, 0.5) is 0 Å². The zero-order chi connectivity index (χ0) is 12.7. The molecule has 1 heterocycles. The molecule has 1 saturated heterocycles. The van der Waals surface area contributed by atoms with Gasteiger partial charge in [-0.2, -0.15) is 0 Å². The van der Waals surface area contributed by atoms with Gasteiger partial charge in [-0.05, 0) is 39.7 Å². The van der Waals surface area contributed by atoms with Gasteiger partial charge in [-0.25, -0.2) is 0 Å². The Kier molecular flexibility index (Phi) is 6.56. The molecule has 0 aliphatic carbocycles. The van der Waals surface area contributed by atoms with Crippen molar-refractivity contribution < 1.29 is 4.79 Å². The second-order valence-electron chi connectivity index (χ2n) is 5.33. The zero-order valence-electron chi connectivity index (χ0n) is 11.7. The fourth-order valence-corrected chi connectivity index (χ4v) is 2.42.